The molecule has 1 amide bonds. The van der Waals surface area contributed by atoms with Crippen molar-refractivity contribution in [2.75, 3.05) is 33.1 Å². The van der Waals surface area contributed by atoms with Gasteiger partial charge in [-0.25, -0.2) is 4.79 Å². The molecule has 3 aromatic rings. The maximum Gasteiger partial charge on any atom is 0.337 e. The van der Waals surface area contributed by atoms with Crippen LogP contribution < -0.4 is 9.47 Å². The van der Waals surface area contributed by atoms with Crippen LogP contribution in [0.25, 0.3) is 10.9 Å². The molecule has 0 spiro atoms. The lowest BCUT2D eigenvalue weighted by Gasteiger charge is -2.23. The van der Waals surface area contributed by atoms with Crippen molar-refractivity contribution in [1.82, 2.24) is 9.88 Å². The summed E-state index contributed by atoms with van der Waals surface area (Å²) < 4.78 is 15.7. The molecular formula is C22H22N2O5S. The van der Waals surface area contributed by atoms with Crippen LogP contribution in [0.4, 0.5) is 0 Å². The largest absolute Gasteiger partial charge is 0.497 e. The molecule has 1 aromatic heterocycles. The average molecular weight is 426 g/mol. The van der Waals surface area contributed by atoms with E-state index in [1.807, 2.05) is 41.4 Å². The second-order valence-electron chi connectivity index (χ2n) is 6.77. The van der Waals surface area contributed by atoms with Crippen LogP contribution in [0.3, 0.4) is 0 Å². The highest BCUT2D eigenvalue weighted by Gasteiger charge is 2.34. The van der Waals surface area contributed by atoms with Gasteiger partial charge in [0.25, 0.3) is 0 Å². The maximum atomic E-state index is 12.5. The van der Waals surface area contributed by atoms with Crippen LogP contribution in [-0.2, 0) is 9.53 Å². The van der Waals surface area contributed by atoms with Crippen molar-refractivity contribution in [2.45, 2.75) is 5.37 Å². The predicted molar refractivity (Wildman–Crippen MR) is 115 cm³/mol. The van der Waals surface area contributed by atoms with Gasteiger partial charge in [-0.3, -0.25) is 4.79 Å². The number of nitrogens with one attached hydrogen (secondary N) is 1. The number of esters is 1. The molecular weight excluding hydrogens is 404 g/mol. The maximum absolute atomic E-state index is 12.5. The van der Waals surface area contributed by atoms with Gasteiger partial charge in [0.15, 0.2) is 0 Å². The number of nitrogens with zero attached hydrogens (tertiary/aromatic N) is 1. The van der Waals surface area contributed by atoms with Gasteiger partial charge in [-0.1, -0.05) is 6.07 Å². The standard InChI is InChI=1S/C22H22N2O5S/c1-27-15-4-6-16(7-5-15)29-10-9-24-20(25)13-30-21(24)18-12-23-19-11-14(22(26)28-2)3-8-17(18)19/h3-8,11-12,21,23H,9-10,13H2,1-2H3. The molecule has 1 unspecified atom stereocenters. The summed E-state index contributed by atoms with van der Waals surface area (Å²) >= 11 is 1.59. The molecule has 30 heavy (non-hydrogen) atoms. The Balaban J connectivity index is 1.47. The summed E-state index contributed by atoms with van der Waals surface area (Å²) in [5.41, 5.74) is 2.34. The van der Waals surface area contributed by atoms with Crippen LogP contribution in [0.15, 0.2) is 48.7 Å². The molecule has 0 bridgehead atoms. The van der Waals surface area contributed by atoms with E-state index in [0.717, 1.165) is 28.0 Å². The molecule has 0 aliphatic carbocycles. The summed E-state index contributed by atoms with van der Waals surface area (Å²) in [5.74, 6) is 1.64. The Labute approximate surface area is 178 Å². The van der Waals surface area contributed by atoms with Crippen LogP contribution in [0.2, 0.25) is 0 Å². The molecule has 4 rings (SSSR count). The highest BCUT2D eigenvalue weighted by atomic mass is 32.2. The number of aromatic amines is 1. The van der Waals surface area contributed by atoms with Crippen LogP contribution in [0, 0.1) is 0 Å². The van der Waals surface area contributed by atoms with Gasteiger partial charge in [0, 0.05) is 22.7 Å². The van der Waals surface area contributed by atoms with Gasteiger partial charge < -0.3 is 24.1 Å². The van der Waals surface area contributed by atoms with Gasteiger partial charge >= 0.3 is 5.97 Å². The van der Waals surface area contributed by atoms with Gasteiger partial charge in [-0.2, -0.15) is 0 Å². The number of benzene rings is 2. The molecule has 2 heterocycles. The molecule has 2 aromatic carbocycles. The Morgan fingerprint density at radius 1 is 1.17 bits per heavy atom. The summed E-state index contributed by atoms with van der Waals surface area (Å²) in [7, 11) is 2.98. The monoisotopic (exact) mass is 426 g/mol. The van der Waals surface area contributed by atoms with Crippen LogP contribution in [0.5, 0.6) is 11.5 Å². The lowest BCUT2D eigenvalue weighted by Crippen LogP contribution is -2.32. The molecule has 0 saturated carbocycles. The topological polar surface area (TPSA) is 80.9 Å². The van der Waals surface area contributed by atoms with Gasteiger partial charge in [0.1, 0.15) is 23.5 Å². The number of H-pyrrole nitrogens is 1. The zero-order valence-electron chi connectivity index (χ0n) is 16.7. The Hall–Kier alpha value is -3.13. The number of hydrogen-bond donors (Lipinski definition) is 1. The first-order valence-electron chi connectivity index (χ1n) is 9.48. The van der Waals surface area contributed by atoms with E-state index in [9.17, 15) is 9.59 Å². The number of rotatable bonds is 7. The van der Waals surface area contributed by atoms with E-state index < -0.39 is 0 Å². The molecule has 1 saturated heterocycles. The Morgan fingerprint density at radius 2 is 1.93 bits per heavy atom. The van der Waals surface area contributed by atoms with Gasteiger partial charge in [0.2, 0.25) is 5.91 Å². The zero-order chi connectivity index (χ0) is 21.1. The number of hydrogen-bond acceptors (Lipinski definition) is 6. The molecule has 1 aliphatic rings. The highest BCUT2D eigenvalue weighted by molar-refractivity contribution is 8.00. The second-order valence-corrected chi connectivity index (χ2v) is 7.84. The van der Waals surface area contributed by atoms with Crippen LogP contribution in [-0.4, -0.2) is 54.9 Å². The normalized spacial score (nSPS) is 16.1. The second kappa shape index (κ2) is 8.71. The Bertz CT molecular complexity index is 1060. The van der Waals surface area contributed by atoms with Crippen molar-refractivity contribution in [1.29, 1.82) is 0 Å². The minimum Gasteiger partial charge on any atom is -0.497 e. The molecule has 1 atom stereocenters. The molecule has 8 heteroatoms. The summed E-state index contributed by atoms with van der Waals surface area (Å²) in [4.78, 5) is 29.3. The minimum absolute atomic E-state index is 0.0869. The lowest BCUT2D eigenvalue weighted by molar-refractivity contribution is -0.128. The van der Waals surface area contributed by atoms with E-state index >= 15 is 0 Å². The fourth-order valence-electron chi connectivity index (χ4n) is 3.49. The quantitative estimate of drug-likeness (QED) is 0.582. The first-order valence-corrected chi connectivity index (χ1v) is 10.5. The smallest absolute Gasteiger partial charge is 0.337 e. The summed E-state index contributed by atoms with van der Waals surface area (Å²) in [5, 5.41) is 0.880. The third kappa shape index (κ3) is 3.95. The van der Waals surface area contributed by atoms with Crippen molar-refractivity contribution < 1.29 is 23.8 Å². The van der Waals surface area contributed by atoms with Crippen molar-refractivity contribution >= 4 is 34.5 Å². The van der Waals surface area contributed by atoms with E-state index in [4.69, 9.17) is 14.2 Å². The number of fused-ring (bicyclic) bond motifs is 1. The van der Waals surface area contributed by atoms with Crippen LogP contribution in [0.1, 0.15) is 21.3 Å². The number of methoxy groups -OCH3 is 2. The minimum atomic E-state index is -0.379. The summed E-state index contributed by atoms with van der Waals surface area (Å²) in [6.45, 7) is 0.874. The first kappa shape index (κ1) is 20.2. The number of carbonyl (C=O) groups excluding carboxylic acids is 2. The number of thioether (sulfide) groups is 1. The van der Waals surface area contributed by atoms with Crippen molar-refractivity contribution in [3.8, 4) is 11.5 Å². The third-order valence-corrected chi connectivity index (χ3v) is 6.27. The molecule has 7 nitrogen and oxygen atoms in total. The van der Waals surface area contributed by atoms with E-state index in [0.29, 0.717) is 24.5 Å². The lowest BCUT2D eigenvalue weighted by atomic mass is 10.1. The molecule has 0 radical (unpaired) electrons. The molecule has 1 N–H and O–H groups in total. The zero-order valence-corrected chi connectivity index (χ0v) is 17.5. The predicted octanol–water partition coefficient (Wildman–Crippen LogP) is 3.62. The van der Waals surface area contributed by atoms with Crippen molar-refractivity contribution in [3.05, 3.63) is 59.8 Å². The van der Waals surface area contributed by atoms with E-state index in [2.05, 4.69) is 4.98 Å². The third-order valence-electron chi connectivity index (χ3n) is 5.03. The number of carbonyl (C=O) groups is 2. The Morgan fingerprint density at radius 3 is 2.67 bits per heavy atom. The van der Waals surface area contributed by atoms with Gasteiger partial charge in [-0.05, 0) is 36.4 Å². The fraction of sp³-hybridized carbons (Fsp3) is 0.273. The summed E-state index contributed by atoms with van der Waals surface area (Å²) in [6, 6.07) is 12.8. The van der Waals surface area contributed by atoms with E-state index in [1.165, 1.54) is 7.11 Å². The fourth-order valence-corrected chi connectivity index (χ4v) is 4.73. The highest BCUT2D eigenvalue weighted by Crippen LogP contribution is 2.41. The summed E-state index contributed by atoms with van der Waals surface area (Å²) in [6.07, 6.45) is 1.90. The number of aromatic nitrogens is 1. The molecule has 1 aliphatic heterocycles. The Kier molecular flexibility index (Phi) is 5.85. The van der Waals surface area contributed by atoms with E-state index in [-0.39, 0.29) is 17.3 Å². The molecule has 1 fully saturated rings. The van der Waals surface area contributed by atoms with Gasteiger partial charge in [0.05, 0.1) is 32.1 Å². The van der Waals surface area contributed by atoms with Crippen molar-refractivity contribution in [2.24, 2.45) is 0 Å². The van der Waals surface area contributed by atoms with Crippen molar-refractivity contribution in [3.63, 3.8) is 0 Å². The average Bonchev–Trinajstić information content (AvgIpc) is 3.36. The van der Waals surface area contributed by atoms with Gasteiger partial charge in [-0.15, -0.1) is 11.8 Å². The number of amides is 1. The van der Waals surface area contributed by atoms with Crippen LogP contribution >= 0.6 is 11.8 Å². The molecule has 156 valence electrons. The number of ether oxygens (including phenoxy) is 3. The SMILES string of the molecule is COC(=O)c1ccc2c(C3SCC(=O)N3CCOc3ccc(OC)cc3)c[nH]c2c1. The first-order chi connectivity index (χ1) is 14.6. The van der Waals surface area contributed by atoms with E-state index in [1.54, 1.807) is 31.0 Å².